The van der Waals surface area contributed by atoms with Crippen molar-refractivity contribution in [2.45, 2.75) is 12.8 Å². The van der Waals surface area contributed by atoms with Crippen LogP contribution in [0.15, 0.2) is 84.9 Å². The summed E-state index contributed by atoms with van der Waals surface area (Å²) in [6.07, 6.45) is 4.45. The molecule has 0 saturated carbocycles. The molecule has 6 rings (SSSR count). The third-order valence-corrected chi connectivity index (χ3v) is 5.73. The van der Waals surface area contributed by atoms with Gasteiger partial charge in [-0.3, -0.25) is 0 Å². The molecule has 1 aromatic heterocycles. The first-order valence-corrected chi connectivity index (χ1v) is 9.77. The van der Waals surface area contributed by atoms with Gasteiger partial charge in [0.1, 0.15) is 11.5 Å². The molecule has 1 N–H and O–H groups in total. The Morgan fingerprint density at radius 2 is 1.36 bits per heavy atom. The highest BCUT2D eigenvalue weighted by molar-refractivity contribution is 5.96. The van der Waals surface area contributed by atoms with E-state index < -0.39 is 0 Å². The molecule has 1 aliphatic heterocycles. The maximum atomic E-state index is 6.31. The third-order valence-electron chi connectivity index (χ3n) is 5.73. The second-order valence-electron chi connectivity index (χ2n) is 7.35. The van der Waals surface area contributed by atoms with Gasteiger partial charge in [0.25, 0.3) is 0 Å². The molecule has 0 amide bonds. The van der Waals surface area contributed by atoms with Crippen molar-refractivity contribution in [3.63, 3.8) is 0 Å². The first kappa shape index (κ1) is 15.5. The van der Waals surface area contributed by atoms with Crippen LogP contribution in [0.25, 0.3) is 28.0 Å². The molecular formula is C26H19NO. The van der Waals surface area contributed by atoms with Gasteiger partial charge in [0.15, 0.2) is 0 Å². The Kier molecular flexibility index (Phi) is 3.33. The fourth-order valence-electron chi connectivity index (χ4n) is 4.50. The summed E-state index contributed by atoms with van der Waals surface area (Å²) in [5.74, 6) is 1.82. The van der Waals surface area contributed by atoms with Crippen LogP contribution in [0.4, 0.5) is 0 Å². The predicted molar refractivity (Wildman–Crippen MR) is 114 cm³/mol. The van der Waals surface area contributed by atoms with Crippen LogP contribution < -0.4 is 4.74 Å². The minimum Gasteiger partial charge on any atom is -0.456 e. The molecule has 0 unspecified atom stereocenters. The summed E-state index contributed by atoms with van der Waals surface area (Å²) >= 11 is 0. The van der Waals surface area contributed by atoms with Crippen molar-refractivity contribution < 1.29 is 4.74 Å². The number of hydrogen-bond acceptors (Lipinski definition) is 1. The van der Waals surface area contributed by atoms with Gasteiger partial charge in [-0.2, -0.15) is 0 Å². The number of rotatable bonds is 1. The molecule has 3 aromatic carbocycles. The maximum absolute atomic E-state index is 6.31. The third kappa shape index (κ3) is 2.21. The van der Waals surface area contributed by atoms with Crippen LogP contribution >= 0.6 is 0 Å². The van der Waals surface area contributed by atoms with Gasteiger partial charge in [0.05, 0.1) is 11.4 Å². The molecule has 0 fully saturated rings. The van der Waals surface area contributed by atoms with E-state index in [9.17, 15) is 0 Å². The Morgan fingerprint density at radius 3 is 2.18 bits per heavy atom. The molecule has 1 aliphatic carbocycles. The van der Waals surface area contributed by atoms with E-state index >= 15 is 0 Å². The summed E-state index contributed by atoms with van der Waals surface area (Å²) in [4.78, 5) is 3.79. The van der Waals surface area contributed by atoms with E-state index in [4.69, 9.17) is 4.74 Å². The highest BCUT2D eigenvalue weighted by Crippen LogP contribution is 2.50. The van der Waals surface area contributed by atoms with Crippen molar-refractivity contribution in [2.24, 2.45) is 0 Å². The van der Waals surface area contributed by atoms with Crippen LogP contribution in [-0.4, -0.2) is 4.98 Å². The number of H-pyrrole nitrogens is 1. The average Bonchev–Trinajstić information content (AvgIpc) is 3.08. The Hall–Kier alpha value is -3.52. The first-order valence-electron chi connectivity index (χ1n) is 9.77. The lowest BCUT2D eigenvalue weighted by Crippen LogP contribution is -2.00. The zero-order valence-electron chi connectivity index (χ0n) is 15.4. The molecule has 134 valence electrons. The van der Waals surface area contributed by atoms with Crippen LogP contribution in [0.1, 0.15) is 23.2 Å². The van der Waals surface area contributed by atoms with Gasteiger partial charge in [-0.1, -0.05) is 66.7 Å². The number of nitrogens with one attached hydrogen (secondary N) is 1. The lowest BCUT2D eigenvalue weighted by molar-refractivity contribution is 0.487. The summed E-state index contributed by atoms with van der Waals surface area (Å²) in [6.45, 7) is 0. The van der Waals surface area contributed by atoms with Gasteiger partial charge in [-0.25, -0.2) is 0 Å². The lowest BCUT2D eigenvalue weighted by Gasteiger charge is -2.16. The molecule has 2 heterocycles. The van der Waals surface area contributed by atoms with Gasteiger partial charge in [-0.05, 0) is 42.2 Å². The maximum Gasteiger partial charge on any atom is 0.136 e. The molecule has 0 radical (unpaired) electrons. The number of ether oxygens (including phenoxy) is 1. The summed E-state index contributed by atoms with van der Waals surface area (Å²) in [5, 5.41) is 0. The van der Waals surface area contributed by atoms with Gasteiger partial charge < -0.3 is 9.72 Å². The van der Waals surface area contributed by atoms with E-state index in [1.54, 1.807) is 0 Å². The molecule has 28 heavy (non-hydrogen) atoms. The molecule has 2 aliphatic rings. The van der Waals surface area contributed by atoms with Crippen LogP contribution in [0, 0.1) is 0 Å². The Balaban J connectivity index is 1.67. The number of allylic oxidation sites excluding steroid dienone is 1. The van der Waals surface area contributed by atoms with Crippen molar-refractivity contribution in [3.8, 4) is 33.9 Å². The van der Waals surface area contributed by atoms with Crippen molar-refractivity contribution >= 4 is 5.57 Å². The number of benzene rings is 3. The molecule has 0 spiro atoms. The van der Waals surface area contributed by atoms with E-state index in [-0.39, 0.29) is 0 Å². The Bertz CT molecular complexity index is 1230. The summed E-state index contributed by atoms with van der Waals surface area (Å²) in [5.41, 5.74) is 9.93. The van der Waals surface area contributed by atoms with Crippen LogP contribution in [-0.2, 0) is 6.42 Å². The lowest BCUT2D eigenvalue weighted by atomic mass is 9.87. The monoisotopic (exact) mass is 361 g/mol. The molecule has 0 atom stereocenters. The zero-order valence-corrected chi connectivity index (χ0v) is 15.4. The zero-order chi connectivity index (χ0) is 18.5. The van der Waals surface area contributed by atoms with E-state index in [2.05, 4.69) is 77.8 Å². The SMILES string of the molecule is C1=C(c2ccccc2)c2[nH]c3c(c2CC1)-c1ccccc1Oc1ccccc1-3. The highest BCUT2D eigenvalue weighted by Gasteiger charge is 2.29. The van der Waals surface area contributed by atoms with E-state index in [0.717, 1.165) is 35.6 Å². The van der Waals surface area contributed by atoms with Crippen LogP contribution in [0.5, 0.6) is 11.5 Å². The molecule has 2 nitrogen and oxygen atoms in total. The smallest absolute Gasteiger partial charge is 0.136 e. The number of aromatic nitrogens is 1. The Morgan fingerprint density at radius 1 is 0.679 bits per heavy atom. The van der Waals surface area contributed by atoms with Gasteiger partial charge in [0.2, 0.25) is 0 Å². The van der Waals surface area contributed by atoms with Crippen LogP contribution in [0.3, 0.4) is 0 Å². The van der Waals surface area contributed by atoms with Crippen molar-refractivity contribution in [1.82, 2.24) is 4.98 Å². The number of para-hydroxylation sites is 2. The molecule has 0 bridgehead atoms. The molecular weight excluding hydrogens is 342 g/mol. The molecule has 4 aromatic rings. The van der Waals surface area contributed by atoms with Gasteiger partial charge >= 0.3 is 0 Å². The van der Waals surface area contributed by atoms with Crippen molar-refractivity contribution in [1.29, 1.82) is 0 Å². The first-order chi connectivity index (χ1) is 13.9. The molecule has 2 heteroatoms. The minimum absolute atomic E-state index is 0.900. The summed E-state index contributed by atoms with van der Waals surface area (Å²) in [7, 11) is 0. The van der Waals surface area contributed by atoms with Crippen LogP contribution in [0.2, 0.25) is 0 Å². The number of aromatic amines is 1. The van der Waals surface area contributed by atoms with E-state index in [0.29, 0.717) is 0 Å². The fourth-order valence-corrected chi connectivity index (χ4v) is 4.50. The predicted octanol–water partition coefficient (Wildman–Crippen LogP) is 6.83. The van der Waals surface area contributed by atoms with Gasteiger partial charge in [-0.15, -0.1) is 0 Å². The number of hydrogen-bond donors (Lipinski definition) is 1. The Labute approximate surface area is 164 Å². The van der Waals surface area contributed by atoms with Gasteiger partial charge in [0, 0.05) is 22.3 Å². The summed E-state index contributed by atoms with van der Waals surface area (Å²) < 4.78 is 6.31. The second kappa shape index (κ2) is 6.00. The fraction of sp³-hybridized carbons (Fsp3) is 0.0769. The van der Waals surface area contributed by atoms with Crippen molar-refractivity contribution in [2.75, 3.05) is 0 Å². The second-order valence-corrected chi connectivity index (χ2v) is 7.35. The quantitative estimate of drug-likeness (QED) is 0.348. The van der Waals surface area contributed by atoms with Crippen molar-refractivity contribution in [3.05, 3.63) is 102 Å². The topological polar surface area (TPSA) is 25.0 Å². The van der Waals surface area contributed by atoms with E-state index in [1.807, 2.05) is 12.1 Å². The minimum atomic E-state index is 0.900. The largest absolute Gasteiger partial charge is 0.456 e. The summed E-state index contributed by atoms with van der Waals surface area (Å²) in [6, 6.07) is 27.4. The normalized spacial score (nSPS) is 13.9. The van der Waals surface area contributed by atoms with E-state index in [1.165, 1.54) is 33.5 Å². The molecule has 0 saturated heterocycles. The standard InChI is InChI=1S/C26H19NO/c1-2-9-17(10-3-1)18-13-8-14-21-24-19-11-4-6-15-22(19)28-23-16-7-5-12-20(23)26(24)27-25(18)21/h1-7,9-13,15-16,27H,8,14H2. The highest BCUT2D eigenvalue weighted by atomic mass is 16.5. The number of fused-ring (bicyclic) bond motifs is 7. The average molecular weight is 361 g/mol.